The molecule has 0 spiro atoms. The van der Waals surface area contributed by atoms with E-state index >= 15 is 0 Å². The molecule has 16 heavy (non-hydrogen) atoms. The summed E-state index contributed by atoms with van der Waals surface area (Å²) >= 11 is 0. The van der Waals surface area contributed by atoms with Crippen LogP contribution in [0.4, 0.5) is 11.5 Å². The monoisotopic (exact) mass is 219 g/mol. The minimum absolute atomic E-state index is 0.101. The minimum Gasteiger partial charge on any atom is -0.384 e. The number of amides is 1. The summed E-state index contributed by atoms with van der Waals surface area (Å²) in [6.07, 6.45) is 5.63. The molecule has 1 aliphatic carbocycles. The maximum Gasteiger partial charge on any atom is 0.230 e. The van der Waals surface area contributed by atoms with Gasteiger partial charge in [0.15, 0.2) is 0 Å². The number of nitrogens with two attached hydrogens (primary N) is 1. The molecule has 0 atom stereocenters. The van der Waals surface area contributed by atoms with Gasteiger partial charge in [-0.1, -0.05) is 13.3 Å². The Morgan fingerprint density at radius 1 is 1.56 bits per heavy atom. The van der Waals surface area contributed by atoms with Crippen molar-refractivity contribution in [3.05, 3.63) is 18.3 Å². The third kappa shape index (κ3) is 2.15. The number of hydrogen-bond acceptors (Lipinski definition) is 3. The zero-order valence-electron chi connectivity index (χ0n) is 9.49. The average molecular weight is 219 g/mol. The average Bonchev–Trinajstić information content (AvgIpc) is 3.03. The number of nitrogens with zero attached hydrogens (tertiary/aromatic N) is 1. The first-order valence-electron chi connectivity index (χ1n) is 5.69. The molecule has 0 radical (unpaired) electrons. The zero-order chi connectivity index (χ0) is 11.6. The van der Waals surface area contributed by atoms with Crippen molar-refractivity contribution in [1.82, 2.24) is 4.98 Å². The van der Waals surface area contributed by atoms with Crippen LogP contribution in [0.1, 0.15) is 32.6 Å². The molecule has 0 unspecified atom stereocenters. The summed E-state index contributed by atoms with van der Waals surface area (Å²) < 4.78 is 0. The number of carbonyl (C=O) groups excluding carboxylic acids is 1. The highest BCUT2D eigenvalue weighted by atomic mass is 16.2. The molecule has 2 rings (SSSR count). The molecule has 0 aliphatic heterocycles. The molecule has 1 aromatic rings. The maximum atomic E-state index is 12.0. The molecule has 1 amide bonds. The standard InChI is InChI=1S/C12H17N3O/c1-2-5-12(6-7-12)11(16)15-9-3-4-10(13)14-8-9/h3-4,8H,2,5-7H2,1H3,(H2,13,14)(H,15,16). The van der Waals surface area contributed by atoms with Gasteiger partial charge in [0.1, 0.15) is 5.82 Å². The number of rotatable bonds is 4. The van der Waals surface area contributed by atoms with Crippen LogP contribution in [0.25, 0.3) is 0 Å². The van der Waals surface area contributed by atoms with E-state index in [1.54, 1.807) is 18.3 Å². The lowest BCUT2D eigenvalue weighted by atomic mass is 10.00. The van der Waals surface area contributed by atoms with Crippen LogP contribution < -0.4 is 11.1 Å². The van der Waals surface area contributed by atoms with Crippen molar-refractivity contribution in [3.8, 4) is 0 Å². The third-order valence-corrected chi connectivity index (χ3v) is 3.11. The summed E-state index contributed by atoms with van der Waals surface area (Å²) in [5, 5.41) is 2.90. The van der Waals surface area contributed by atoms with Gasteiger partial charge in [0.25, 0.3) is 0 Å². The number of hydrogen-bond donors (Lipinski definition) is 2. The van der Waals surface area contributed by atoms with Crippen molar-refractivity contribution in [1.29, 1.82) is 0 Å². The van der Waals surface area contributed by atoms with E-state index in [2.05, 4.69) is 17.2 Å². The van der Waals surface area contributed by atoms with Crippen LogP contribution in [0.3, 0.4) is 0 Å². The number of pyridine rings is 1. The first-order chi connectivity index (χ1) is 7.66. The largest absolute Gasteiger partial charge is 0.384 e. The molecule has 86 valence electrons. The molecule has 1 fully saturated rings. The number of aromatic nitrogens is 1. The van der Waals surface area contributed by atoms with Crippen molar-refractivity contribution < 1.29 is 4.79 Å². The molecule has 0 saturated heterocycles. The van der Waals surface area contributed by atoms with Crippen LogP contribution in [-0.4, -0.2) is 10.9 Å². The summed E-state index contributed by atoms with van der Waals surface area (Å²) in [5.41, 5.74) is 6.10. The lowest BCUT2D eigenvalue weighted by molar-refractivity contribution is -0.121. The van der Waals surface area contributed by atoms with Crippen molar-refractivity contribution in [2.75, 3.05) is 11.1 Å². The summed E-state index contributed by atoms with van der Waals surface area (Å²) in [7, 11) is 0. The minimum atomic E-state index is -0.101. The van der Waals surface area contributed by atoms with Crippen LogP contribution in [0, 0.1) is 5.41 Å². The second kappa shape index (κ2) is 4.12. The van der Waals surface area contributed by atoms with Crippen molar-refractivity contribution in [2.45, 2.75) is 32.6 Å². The van der Waals surface area contributed by atoms with Gasteiger partial charge in [0, 0.05) is 5.41 Å². The Balaban J connectivity index is 2.00. The molecule has 4 heteroatoms. The van der Waals surface area contributed by atoms with Gasteiger partial charge in [-0.15, -0.1) is 0 Å². The van der Waals surface area contributed by atoms with Gasteiger partial charge in [0.2, 0.25) is 5.91 Å². The molecule has 0 aromatic carbocycles. The first-order valence-corrected chi connectivity index (χ1v) is 5.69. The molecule has 1 saturated carbocycles. The highest BCUT2D eigenvalue weighted by molar-refractivity contribution is 5.97. The van der Waals surface area contributed by atoms with Gasteiger partial charge >= 0.3 is 0 Å². The molecule has 4 nitrogen and oxygen atoms in total. The summed E-state index contributed by atoms with van der Waals surface area (Å²) in [6, 6.07) is 3.47. The summed E-state index contributed by atoms with van der Waals surface area (Å²) in [6.45, 7) is 2.11. The highest BCUT2D eigenvalue weighted by Crippen LogP contribution is 2.50. The Labute approximate surface area is 95.3 Å². The fraction of sp³-hybridized carbons (Fsp3) is 0.500. The van der Waals surface area contributed by atoms with Gasteiger partial charge in [-0.2, -0.15) is 0 Å². The van der Waals surface area contributed by atoms with Crippen molar-refractivity contribution in [2.24, 2.45) is 5.41 Å². The fourth-order valence-corrected chi connectivity index (χ4v) is 1.96. The Bertz CT molecular complexity index is 382. The zero-order valence-corrected chi connectivity index (χ0v) is 9.49. The number of carbonyl (C=O) groups is 1. The summed E-state index contributed by atoms with van der Waals surface area (Å²) in [4.78, 5) is 15.9. The Morgan fingerprint density at radius 3 is 2.81 bits per heavy atom. The van der Waals surface area contributed by atoms with Gasteiger partial charge < -0.3 is 11.1 Å². The fourth-order valence-electron chi connectivity index (χ4n) is 1.96. The van der Waals surface area contributed by atoms with Crippen LogP contribution in [0.15, 0.2) is 18.3 Å². The Morgan fingerprint density at radius 2 is 2.31 bits per heavy atom. The van der Waals surface area contributed by atoms with E-state index in [0.29, 0.717) is 5.82 Å². The van der Waals surface area contributed by atoms with Crippen molar-refractivity contribution >= 4 is 17.4 Å². The normalized spacial score (nSPS) is 16.8. The van der Waals surface area contributed by atoms with Gasteiger partial charge in [-0.05, 0) is 31.4 Å². The Kier molecular flexibility index (Phi) is 2.81. The number of nitrogen functional groups attached to an aromatic ring is 1. The quantitative estimate of drug-likeness (QED) is 0.815. The summed E-state index contributed by atoms with van der Waals surface area (Å²) in [5.74, 6) is 0.591. The van der Waals surface area contributed by atoms with E-state index in [-0.39, 0.29) is 11.3 Å². The smallest absolute Gasteiger partial charge is 0.230 e. The second-order valence-electron chi connectivity index (χ2n) is 4.46. The van der Waals surface area contributed by atoms with E-state index in [9.17, 15) is 4.79 Å². The molecular weight excluding hydrogens is 202 g/mol. The highest BCUT2D eigenvalue weighted by Gasteiger charge is 2.48. The SMILES string of the molecule is CCCC1(C(=O)Nc2ccc(N)nc2)CC1. The molecular formula is C12H17N3O. The van der Waals surface area contributed by atoms with Gasteiger partial charge in [-0.25, -0.2) is 4.98 Å². The lowest BCUT2D eigenvalue weighted by Crippen LogP contribution is -2.24. The lowest BCUT2D eigenvalue weighted by Gasteiger charge is -2.13. The molecule has 0 bridgehead atoms. The Hall–Kier alpha value is -1.58. The van der Waals surface area contributed by atoms with E-state index in [0.717, 1.165) is 31.4 Å². The van der Waals surface area contributed by atoms with E-state index < -0.39 is 0 Å². The van der Waals surface area contributed by atoms with E-state index in [1.165, 1.54) is 0 Å². The van der Waals surface area contributed by atoms with Crippen LogP contribution >= 0.6 is 0 Å². The number of nitrogens with one attached hydrogen (secondary N) is 1. The first kappa shape index (κ1) is 10.9. The molecule has 1 aliphatic rings. The molecule has 3 N–H and O–H groups in total. The van der Waals surface area contributed by atoms with Crippen LogP contribution in [-0.2, 0) is 4.79 Å². The van der Waals surface area contributed by atoms with Gasteiger partial charge in [-0.3, -0.25) is 4.79 Å². The molecule has 1 heterocycles. The third-order valence-electron chi connectivity index (χ3n) is 3.11. The van der Waals surface area contributed by atoms with Crippen LogP contribution in [0.5, 0.6) is 0 Å². The van der Waals surface area contributed by atoms with Crippen molar-refractivity contribution in [3.63, 3.8) is 0 Å². The molecule has 1 aromatic heterocycles. The van der Waals surface area contributed by atoms with Crippen LogP contribution in [0.2, 0.25) is 0 Å². The maximum absolute atomic E-state index is 12.0. The second-order valence-corrected chi connectivity index (χ2v) is 4.46. The van der Waals surface area contributed by atoms with Gasteiger partial charge in [0.05, 0.1) is 11.9 Å². The predicted octanol–water partition coefficient (Wildman–Crippen LogP) is 2.18. The number of anilines is 2. The van der Waals surface area contributed by atoms with E-state index in [1.807, 2.05) is 0 Å². The predicted molar refractivity (Wildman–Crippen MR) is 63.9 cm³/mol. The van der Waals surface area contributed by atoms with E-state index in [4.69, 9.17) is 5.73 Å². The topological polar surface area (TPSA) is 68.0 Å².